The van der Waals surface area contributed by atoms with Crippen molar-refractivity contribution in [1.29, 1.82) is 0 Å². The molecule has 3 N–H and O–H groups in total. The zero-order valence-corrected chi connectivity index (χ0v) is 14.3. The number of nitrogens with one attached hydrogen (secondary N) is 1. The van der Waals surface area contributed by atoms with Crippen molar-refractivity contribution in [2.45, 2.75) is 32.7 Å². The van der Waals surface area contributed by atoms with E-state index in [-0.39, 0.29) is 18.6 Å². The molecule has 1 amide bonds. The summed E-state index contributed by atoms with van der Waals surface area (Å²) in [4.78, 5) is 11.3. The van der Waals surface area contributed by atoms with Crippen molar-refractivity contribution in [3.63, 3.8) is 0 Å². The molecule has 5 nitrogen and oxygen atoms in total. The first kappa shape index (κ1) is 17.8. The highest BCUT2D eigenvalue weighted by Gasteiger charge is 2.14. The number of halogens is 1. The molecule has 0 aliphatic carbocycles. The van der Waals surface area contributed by atoms with Gasteiger partial charge < -0.3 is 20.5 Å². The lowest BCUT2D eigenvalue weighted by Gasteiger charge is -2.16. The van der Waals surface area contributed by atoms with Crippen LogP contribution in [0, 0.1) is 0 Å². The van der Waals surface area contributed by atoms with Gasteiger partial charge in [0, 0.05) is 13.1 Å². The predicted molar refractivity (Wildman–Crippen MR) is 86.8 cm³/mol. The average Bonchev–Trinajstić information content (AvgIpc) is 2.46. The molecule has 0 fully saturated rings. The van der Waals surface area contributed by atoms with E-state index >= 15 is 0 Å². The molecule has 0 saturated carbocycles. The molecule has 1 rings (SSSR count). The number of hydrogen-bond acceptors (Lipinski definition) is 4. The van der Waals surface area contributed by atoms with E-state index in [2.05, 4.69) is 28.2 Å². The Morgan fingerprint density at radius 2 is 2.10 bits per heavy atom. The van der Waals surface area contributed by atoms with Crippen molar-refractivity contribution < 1.29 is 14.3 Å². The van der Waals surface area contributed by atoms with E-state index < -0.39 is 0 Å². The van der Waals surface area contributed by atoms with Crippen LogP contribution in [0.5, 0.6) is 11.5 Å². The maximum absolute atomic E-state index is 11.3. The Kier molecular flexibility index (Phi) is 7.53. The molecule has 0 bridgehead atoms. The van der Waals surface area contributed by atoms with Gasteiger partial charge in [0.05, 0.1) is 11.1 Å². The SMILES string of the molecule is CCOc1cc(CC(N)CC)cc(Br)c1OCC(=O)NC. The molecular weight excluding hydrogens is 336 g/mol. The molecule has 6 heteroatoms. The molecule has 0 aromatic heterocycles. The van der Waals surface area contributed by atoms with Gasteiger partial charge >= 0.3 is 0 Å². The molecule has 0 heterocycles. The highest BCUT2D eigenvalue weighted by atomic mass is 79.9. The third-order valence-electron chi connectivity index (χ3n) is 3.02. The first-order valence-electron chi connectivity index (χ1n) is 7.05. The van der Waals surface area contributed by atoms with Crippen molar-refractivity contribution >= 4 is 21.8 Å². The molecule has 0 aliphatic heterocycles. The minimum absolute atomic E-state index is 0.0526. The fourth-order valence-electron chi connectivity index (χ4n) is 1.80. The standard InChI is InChI=1S/C15H23BrN2O3/c1-4-11(17)6-10-7-12(16)15(13(8-10)20-5-2)21-9-14(19)18-3/h7-8,11H,4-6,9,17H2,1-3H3,(H,18,19). The average molecular weight is 359 g/mol. The van der Waals surface area contributed by atoms with E-state index in [1.54, 1.807) is 7.05 Å². The van der Waals surface area contributed by atoms with Crippen LogP contribution in [0.15, 0.2) is 16.6 Å². The first-order valence-corrected chi connectivity index (χ1v) is 7.85. The number of carbonyl (C=O) groups is 1. The number of amides is 1. The second-order valence-electron chi connectivity index (χ2n) is 4.67. The summed E-state index contributed by atoms with van der Waals surface area (Å²) in [6.45, 7) is 4.43. The molecule has 1 aromatic carbocycles. The summed E-state index contributed by atoms with van der Waals surface area (Å²) < 4.78 is 11.9. The number of ether oxygens (including phenoxy) is 2. The topological polar surface area (TPSA) is 73.6 Å². The molecule has 0 spiro atoms. The molecule has 1 atom stereocenters. The minimum atomic E-state index is -0.193. The molecule has 1 aromatic rings. The summed E-state index contributed by atoms with van der Waals surface area (Å²) in [6.07, 6.45) is 1.68. The second kappa shape index (κ2) is 8.89. The fourth-order valence-corrected chi connectivity index (χ4v) is 2.40. The zero-order valence-electron chi connectivity index (χ0n) is 12.7. The molecule has 1 unspecified atom stereocenters. The molecule has 0 radical (unpaired) electrons. The number of nitrogens with two attached hydrogens (primary N) is 1. The van der Waals surface area contributed by atoms with Gasteiger partial charge in [0.2, 0.25) is 0 Å². The lowest BCUT2D eigenvalue weighted by Crippen LogP contribution is -2.25. The summed E-state index contributed by atoms with van der Waals surface area (Å²) in [5, 5.41) is 2.51. The van der Waals surface area contributed by atoms with Crippen LogP contribution in [0.3, 0.4) is 0 Å². The van der Waals surface area contributed by atoms with Crippen LogP contribution in [0.2, 0.25) is 0 Å². The monoisotopic (exact) mass is 358 g/mol. The summed E-state index contributed by atoms with van der Waals surface area (Å²) in [6, 6.07) is 3.99. The van der Waals surface area contributed by atoms with Crippen molar-refractivity contribution in [3.05, 3.63) is 22.2 Å². The maximum Gasteiger partial charge on any atom is 0.257 e. The normalized spacial score (nSPS) is 11.9. The van der Waals surface area contributed by atoms with Crippen LogP contribution < -0.4 is 20.5 Å². The quantitative estimate of drug-likeness (QED) is 0.747. The number of likely N-dealkylation sites (N-methyl/N-ethyl adjacent to an activating group) is 1. The third-order valence-corrected chi connectivity index (χ3v) is 3.61. The van der Waals surface area contributed by atoms with Gasteiger partial charge in [0.25, 0.3) is 5.91 Å². The van der Waals surface area contributed by atoms with Crippen molar-refractivity contribution in [1.82, 2.24) is 5.32 Å². The van der Waals surface area contributed by atoms with E-state index in [9.17, 15) is 4.79 Å². The van der Waals surface area contributed by atoms with E-state index in [0.717, 1.165) is 22.9 Å². The van der Waals surface area contributed by atoms with E-state index in [1.165, 1.54) is 0 Å². The molecule has 118 valence electrons. The Hall–Kier alpha value is -1.27. The van der Waals surface area contributed by atoms with Gasteiger partial charge in [-0.15, -0.1) is 0 Å². The summed E-state index contributed by atoms with van der Waals surface area (Å²) >= 11 is 3.47. The van der Waals surface area contributed by atoms with Gasteiger partial charge in [-0.1, -0.05) is 6.92 Å². The van der Waals surface area contributed by atoms with E-state index in [4.69, 9.17) is 15.2 Å². The Balaban J connectivity index is 2.98. The zero-order chi connectivity index (χ0) is 15.8. The van der Waals surface area contributed by atoms with E-state index in [0.29, 0.717) is 18.1 Å². The lowest BCUT2D eigenvalue weighted by atomic mass is 10.0. The predicted octanol–water partition coefficient (Wildman–Crippen LogP) is 2.25. The van der Waals surface area contributed by atoms with Crippen LogP contribution in [-0.2, 0) is 11.2 Å². The summed E-state index contributed by atoms with van der Waals surface area (Å²) in [7, 11) is 1.57. The Morgan fingerprint density at radius 3 is 2.67 bits per heavy atom. The van der Waals surface area contributed by atoms with Gasteiger partial charge in [0.1, 0.15) is 0 Å². The largest absolute Gasteiger partial charge is 0.490 e. The summed E-state index contributed by atoms with van der Waals surface area (Å²) in [5.74, 6) is 0.963. The van der Waals surface area contributed by atoms with Gasteiger partial charge in [-0.3, -0.25) is 4.79 Å². The van der Waals surface area contributed by atoms with Crippen LogP contribution in [0.25, 0.3) is 0 Å². The maximum atomic E-state index is 11.3. The fraction of sp³-hybridized carbons (Fsp3) is 0.533. The lowest BCUT2D eigenvalue weighted by molar-refractivity contribution is -0.122. The molecule has 0 aliphatic rings. The van der Waals surface area contributed by atoms with Crippen LogP contribution in [0.4, 0.5) is 0 Å². The minimum Gasteiger partial charge on any atom is -0.490 e. The van der Waals surface area contributed by atoms with Crippen LogP contribution >= 0.6 is 15.9 Å². The van der Waals surface area contributed by atoms with Gasteiger partial charge in [-0.25, -0.2) is 0 Å². The smallest absolute Gasteiger partial charge is 0.257 e. The highest BCUT2D eigenvalue weighted by Crippen LogP contribution is 2.37. The number of rotatable bonds is 8. The van der Waals surface area contributed by atoms with Crippen molar-refractivity contribution in [2.24, 2.45) is 5.73 Å². The number of hydrogen-bond donors (Lipinski definition) is 2. The van der Waals surface area contributed by atoms with Crippen LogP contribution in [0.1, 0.15) is 25.8 Å². The Bertz CT molecular complexity index is 480. The van der Waals surface area contributed by atoms with Gasteiger partial charge in [-0.05, 0) is 53.4 Å². The number of carbonyl (C=O) groups excluding carboxylic acids is 1. The molecule has 0 saturated heterocycles. The second-order valence-corrected chi connectivity index (χ2v) is 5.53. The summed E-state index contributed by atoms with van der Waals surface area (Å²) in [5.41, 5.74) is 7.07. The highest BCUT2D eigenvalue weighted by molar-refractivity contribution is 9.10. The first-order chi connectivity index (χ1) is 10.0. The molecule has 21 heavy (non-hydrogen) atoms. The van der Waals surface area contributed by atoms with E-state index in [1.807, 2.05) is 19.1 Å². The van der Waals surface area contributed by atoms with Crippen molar-refractivity contribution in [2.75, 3.05) is 20.3 Å². The van der Waals surface area contributed by atoms with Crippen LogP contribution in [-0.4, -0.2) is 32.2 Å². The third kappa shape index (κ3) is 5.55. The van der Waals surface area contributed by atoms with Gasteiger partial charge in [-0.2, -0.15) is 0 Å². The number of benzene rings is 1. The molecular formula is C15H23BrN2O3. The Morgan fingerprint density at radius 1 is 1.38 bits per heavy atom. The Labute approximate surface area is 134 Å². The van der Waals surface area contributed by atoms with Gasteiger partial charge in [0.15, 0.2) is 18.1 Å². The van der Waals surface area contributed by atoms with Crippen molar-refractivity contribution in [3.8, 4) is 11.5 Å².